The summed E-state index contributed by atoms with van der Waals surface area (Å²) in [4.78, 5) is 0. The smallest absolute Gasteiger partial charge is 0.366 e. The maximum atomic E-state index is 6.27. The molecule has 0 aliphatic heterocycles. The van der Waals surface area contributed by atoms with E-state index < -0.39 is 0 Å². The van der Waals surface area contributed by atoms with E-state index in [0.717, 1.165) is 27.8 Å². The van der Waals surface area contributed by atoms with Crippen molar-refractivity contribution in [3.63, 3.8) is 0 Å². The van der Waals surface area contributed by atoms with E-state index in [1.807, 2.05) is 56.3 Å². The van der Waals surface area contributed by atoms with Gasteiger partial charge in [0.05, 0.1) is 23.3 Å². The van der Waals surface area contributed by atoms with Crippen molar-refractivity contribution in [1.82, 2.24) is 0 Å². The molecule has 2 nitrogen and oxygen atoms in total. The van der Waals surface area contributed by atoms with Gasteiger partial charge < -0.3 is 4.74 Å². The molecule has 1 aromatic heterocycles. The predicted octanol–water partition coefficient (Wildman–Crippen LogP) is 5.74. The summed E-state index contributed by atoms with van der Waals surface area (Å²) in [6.07, 6.45) is 0. The summed E-state index contributed by atoms with van der Waals surface area (Å²) < 4.78 is 11.8. The van der Waals surface area contributed by atoms with Crippen LogP contribution in [0, 0.1) is 6.92 Å². The summed E-state index contributed by atoms with van der Waals surface area (Å²) in [5.41, 5.74) is 2.81. The molecule has 0 atom stereocenters. The number of ether oxygens (including phenoxy) is 1. The van der Waals surface area contributed by atoms with Gasteiger partial charge in [0.1, 0.15) is 11.1 Å². The number of hydrogen-bond donors (Lipinski definition) is 0. The summed E-state index contributed by atoms with van der Waals surface area (Å²) in [5, 5.41) is 1.63. The number of halogens is 1. The van der Waals surface area contributed by atoms with Crippen LogP contribution in [-0.2, 0) is 0 Å². The second-order valence-corrected chi connectivity index (χ2v) is 5.29. The van der Waals surface area contributed by atoms with Gasteiger partial charge in [-0.1, -0.05) is 29.8 Å². The quantitative estimate of drug-likeness (QED) is 0.575. The van der Waals surface area contributed by atoms with Crippen molar-refractivity contribution < 1.29 is 9.15 Å². The van der Waals surface area contributed by atoms with Crippen LogP contribution in [-0.4, -0.2) is 6.61 Å². The Morgan fingerprint density at radius 3 is 2.67 bits per heavy atom. The summed E-state index contributed by atoms with van der Waals surface area (Å²) >= 11 is 6.27. The lowest BCUT2D eigenvalue weighted by Gasteiger charge is -2.04. The van der Waals surface area contributed by atoms with Crippen LogP contribution in [0.5, 0.6) is 5.75 Å². The Balaban J connectivity index is 2.27. The molecule has 0 N–H and O–H groups in total. The third-order valence-corrected chi connectivity index (χ3v) is 3.65. The largest absolute Gasteiger partial charge is 0.493 e. The van der Waals surface area contributed by atoms with Gasteiger partial charge in [-0.05, 0) is 37.6 Å². The molecular weight excluding hydrogens is 284 g/mol. The van der Waals surface area contributed by atoms with Gasteiger partial charge in [-0.25, -0.2) is 4.42 Å². The highest BCUT2D eigenvalue weighted by Crippen LogP contribution is 2.35. The molecule has 3 rings (SSSR count). The molecule has 0 saturated heterocycles. The average Bonchev–Trinajstić information content (AvgIpc) is 2.47. The standard InChI is InChI=1S/C18H16ClO2/c1-3-20-16-11-18(13-6-4-5-7-15(13)19)21-17-10-12(2)8-9-14(16)17/h4-11H,3H2,1-2H3/q+1. The van der Waals surface area contributed by atoms with Gasteiger partial charge in [0, 0.05) is 6.07 Å². The van der Waals surface area contributed by atoms with E-state index in [1.165, 1.54) is 0 Å². The van der Waals surface area contributed by atoms with E-state index in [-0.39, 0.29) is 0 Å². The van der Waals surface area contributed by atoms with Crippen molar-refractivity contribution in [1.29, 1.82) is 0 Å². The Morgan fingerprint density at radius 2 is 1.90 bits per heavy atom. The van der Waals surface area contributed by atoms with Gasteiger partial charge in [-0.15, -0.1) is 0 Å². The molecule has 0 saturated carbocycles. The fraction of sp³-hybridized carbons (Fsp3) is 0.167. The van der Waals surface area contributed by atoms with Gasteiger partial charge >= 0.3 is 11.3 Å². The van der Waals surface area contributed by atoms with Crippen molar-refractivity contribution >= 4 is 22.6 Å². The highest BCUT2D eigenvalue weighted by molar-refractivity contribution is 6.33. The topological polar surface area (TPSA) is 20.5 Å². The molecule has 2 aromatic carbocycles. The minimum atomic E-state index is 0.606. The molecule has 3 heteroatoms. The zero-order valence-corrected chi connectivity index (χ0v) is 12.8. The second-order valence-electron chi connectivity index (χ2n) is 4.89. The van der Waals surface area contributed by atoms with Crippen molar-refractivity contribution in [3.8, 4) is 17.1 Å². The third-order valence-electron chi connectivity index (χ3n) is 3.32. The van der Waals surface area contributed by atoms with Gasteiger partial charge in [0.15, 0.2) is 0 Å². The van der Waals surface area contributed by atoms with Crippen LogP contribution in [0.25, 0.3) is 22.3 Å². The minimum Gasteiger partial charge on any atom is -0.493 e. The van der Waals surface area contributed by atoms with E-state index in [4.69, 9.17) is 20.8 Å². The molecule has 0 spiro atoms. The van der Waals surface area contributed by atoms with Crippen LogP contribution >= 0.6 is 11.6 Å². The van der Waals surface area contributed by atoms with Crippen LogP contribution in [0.2, 0.25) is 5.02 Å². The summed E-state index contributed by atoms with van der Waals surface area (Å²) in [6, 6.07) is 15.6. The van der Waals surface area contributed by atoms with Crippen LogP contribution in [0.15, 0.2) is 52.9 Å². The minimum absolute atomic E-state index is 0.606. The first-order valence-electron chi connectivity index (χ1n) is 6.94. The van der Waals surface area contributed by atoms with Crippen LogP contribution in [0.3, 0.4) is 0 Å². The molecule has 0 radical (unpaired) electrons. The molecule has 0 unspecified atom stereocenters. The summed E-state index contributed by atoms with van der Waals surface area (Å²) in [7, 11) is 0. The molecule has 3 aromatic rings. The second kappa shape index (κ2) is 5.74. The Morgan fingerprint density at radius 1 is 1.10 bits per heavy atom. The molecule has 106 valence electrons. The maximum Gasteiger partial charge on any atom is 0.366 e. The molecule has 0 bridgehead atoms. The fourth-order valence-corrected chi connectivity index (χ4v) is 2.56. The lowest BCUT2D eigenvalue weighted by molar-refractivity contribution is 0.342. The summed E-state index contributed by atoms with van der Waals surface area (Å²) in [5.74, 6) is 1.52. The average molecular weight is 300 g/mol. The van der Waals surface area contributed by atoms with Crippen molar-refractivity contribution in [3.05, 3.63) is 59.1 Å². The highest BCUT2D eigenvalue weighted by atomic mass is 35.5. The van der Waals surface area contributed by atoms with Gasteiger partial charge in [0.2, 0.25) is 0 Å². The Bertz CT molecular complexity index is 796. The Labute approximate surface area is 128 Å². The molecule has 1 heterocycles. The Hall–Kier alpha value is -2.06. The van der Waals surface area contributed by atoms with E-state index in [2.05, 4.69) is 6.07 Å². The zero-order valence-electron chi connectivity index (χ0n) is 12.0. The number of rotatable bonds is 3. The third kappa shape index (κ3) is 2.72. The predicted molar refractivity (Wildman–Crippen MR) is 87.0 cm³/mol. The summed E-state index contributed by atoms with van der Waals surface area (Å²) in [6.45, 7) is 4.62. The molecule has 21 heavy (non-hydrogen) atoms. The van der Waals surface area contributed by atoms with Gasteiger partial charge in [0.25, 0.3) is 0 Å². The van der Waals surface area contributed by atoms with Crippen molar-refractivity contribution in [2.24, 2.45) is 0 Å². The SMILES string of the molecule is CCOc1cc(-c2ccccc2Cl)[o+]c2cc(C)ccc12. The normalized spacial score (nSPS) is 10.8. The molecule has 0 aliphatic carbocycles. The van der Waals surface area contributed by atoms with Crippen LogP contribution < -0.4 is 4.74 Å². The van der Waals surface area contributed by atoms with Gasteiger partial charge in [-0.3, -0.25) is 0 Å². The van der Waals surface area contributed by atoms with E-state index in [1.54, 1.807) is 0 Å². The first-order valence-corrected chi connectivity index (χ1v) is 7.32. The van der Waals surface area contributed by atoms with E-state index in [0.29, 0.717) is 17.4 Å². The van der Waals surface area contributed by atoms with Gasteiger partial charge in [-0.2, -0.15) is 0 Å². The van der Waals surface area contributed by atoms with Crippen LogP contribution in [0.4, 0.5) is 0 Å². The molecule has 0 amide bonds. The zero-order chi connectivity index (χ0) is 14.8. The molecule has 0 fully saturated rings. The Kier molecular flexibility index (Phi) is 3.80. The number of benzene rings is 2. The van der Waals surface area contributed by atoms with E-state index in [9.17, 15) is 0 Å². The molecule has 0 aliphatic rings. The lowest BCUT2D eigenvalue weighted by atomic mass is 10.1. The monoisotopic (exact) mass is 299 g/mol. The number of aryl methyl sites for hydroxylation is 1. The van der Waals surface area contributed by atoms with Crippen molar-refractivity contribution in [2.75, 3.05) is 6.61 Å². The first kappa shape index (κ1) is 13.9. The van der Waals surface area contributed by atoms with Crippen LogP contribution in [0.1, 0.15) is 12.5 Å². The number of hydrogen-bond acceptors (Lipinski definition) is 1. The van der Waals surface area contributed by atoms with E-state index >= 15 is 0 Å². The molecular formula is C18H16ClO2+. The highest BCUT2D eigenvalue weighted by Gasteiger charge is 2.21. The lowest BCUT2D eigenvalue weighted by Crippen LogP contribution is -1.94. The first-order chi connectivity index (χ1) is 10.2. The number of fused-ring (bicyclic) bond motifs is 1. The maximum absolute atomic E-state index is 6.27. The van der Waals surface area contributed by atoms with Crippen molar-refractivity contribution in [2.45, 2.75) is 13.8 Å². The fourth-order valence-electron chi connectivity index (χ4n) is 2.33.